The highest BCUT2D eigenvalue weighted by Crippen LogP contribution is 2.25. The second-order valence-electron chi connectivity index (χ2n) is 4.49. The van der Waals surface area contributed by atoms with E-state index in [2.05, 4.69) is 25.0 Å². The second kappa shape index (κ2) is 7.44. The first-order chi connectivity index (χ1) is 11.4. The van der Waals surface area contributed by atoms with Gasteiger partial charge in [-0.1, -0.05) is 0 Å². The van der Waals surface area contributed by atoms with E-state index in [0.717, 1.165) is 0 Å². The van der Waals surface area contributed by atoms with E-state index >= 15 is 0 Å². The van der Waals surface area contributed by atoms with E-state index in [9.17, 15) is 13.2 Å². The molecule has 24 heavy (non-hydrogen) atoms. The lowest BCUT2D eigenvalue weighted by Gasteiger charge is -2.10. The molecule has 2 aromatic rings. The molecule has 0 saturated heterocycles. The number of benzene rings is 1. The molecule has 3 N–H and O–H groups in total. The fraction of sp³-hybridized carbons (Fsp3) is 0.133. The summed E-state index contributed by atoms with van der Waals surface area (Å²) < 4.78 is 40.2. The molecule has 0 bridgehead atoms. The predicted octanol–water partition coefficient (Wildman–Crippen LogP) is 3.12. The number of nitrogens with one attached hydrogen (secondary N) is 1. The van der Waals surface area contributed by atoms with Crippen molar-refractivity contribution in [3.8, 4) is 5.75 Å². The molecule has 2 rings (SSSR count). The Balaban J connectivity index is 2.14. The molecule has 0 aliphatic rings. The van der Waals surface area contributed by atoms with E-state index in [0.29, 0.717) is 22.8 Å². The summed E-state index contributed by atoms with van der Waals surface area (Å²) in [7, 11) is 1.61. The van der Waals surface area contributed by atoms with Gasteiger partial charge in [0.15, 0.2) is 0 Å². The zero-order chi connectivity index (χ0) is 17.6. The molecule has 0 radical (unpaired) electrons. The number of aromatic nitrogens is 2. The maximum atomic E-state index is 12.1. The Morgan fingerprint density at radius 1 is 1.25 bits per heavy atom. The molecule has 0 aliphatic heterocycles. The smallest absolute Gasteiger partial charge is 0.406 e. The van der Waals surface area contributed by atoms with E-state index in [1.54, 1.807) is 19.3 Å². The Bertz CT molecular complexity index is 742. The van der Waals surface area contributed by atoms with Gasteiger partial charge in [0.1, 0.15) is 17.9 Å². The summed E-state index contributed by atoms with van der Waals surface area (Å²) in [5.74, 6) is 0.150. The minimum atomic E-state index is -4.72. The summed E-state index contributed by atoms with van der Waals surface area (Å²) in [6, 6.07) is 6.92. The normalized spacial score (nSPS) is 12.4. The van der Waals surface area contributed by atoms with Crippen LogP contribution >= 0.6 is 0 Å². The Hall–Kier alpha value is -3.10. The van der Waals surface area contributed by atoms with Crippen LogP contribution in [0.1, 0.15) is 5.69 Å². The number of aliphatic imine (C=N–C) groups is 1. The SMILES string of the molecule is CN=CC(=CN)c1cc(Nc2ccc(OC(F)(F)F)cc2)ncn1. The molecule has 1 aromatic carbocycles. The maximum absolute atomic E-state index is 12.1. The summed E-state index contributed by atoms with van der Waals surface area (Å²) in [6.07, 6.45) is -0.466. The van der Waals surface area contributed by atoms with Gasteiger partial charge < -0.3 is 15.8 Å². The first kappa shape index (κ1) is 17.3. The lowest BCUT2D eigenvalue weighted by Crippen LogP contribution is -2.16. The third kappa shape index (κ3) is 4.97. The molecular formula is C15H14F3N5O. The average molecular weight is 337 g/mol. The van der Waals surface area contributed by atoms with E-state index in [-0.39, 0.29) is 5.75 Å². The number of hydrogen-bond acceptors (Lipinski definition) is 6. The average Bonchev–Trinajstić information content (AvgIpc) is 2.53. The summed E-state index contributed by atoms with van der Waals surface area (Å²) in [6.45, 7) is 0. The number of hydrogen-bond donors (Lipinski definition) is 2. The fourth-order valence-corrected chi connectivity index (χ4v) is 1.80. The minimum absolute atomic E-state index is 0.302. The quantitative estimate of drug-likeness (QED) is 0.819. The van der Waals surface area contributed by atoms with E-state index < -0.39 is 6.36 Å². The van der Waals surface area contributed by atoms with Gasteiger partial charge in [-0.05, 0) is 24.3 Å². The summed E-state index contributed by atoms with van der Waals surface area (Å²) in [5, 5.41) is 2.95. The molecule has 126 valence electrons. The van der Waals surface area contributed by atoms with Crippen molar-refractivity contribution < 1.29 is 17.9 Å². The molecule has 1 aromatic heterocycles. The number of allylic oxidation sites excluding steroid dienone is 1. The Morgan fingerprint density at radius 3 is 2.54 bits per heavy atom. The molecule has 9 heteroatoms. The molecule has 6 nitrogen and oxygen atoms in total. The van der Waals surface area contributed by atoms with Gasteiger partial charge in [0.25, 0.3) is 0 Å². The Kier molecular flexibility index (Phi) is 5.35. The molecule has 0 atom stereocenters. The summed E-state index contributed by atoms with van der Waals surface area (Å²) in [4.78, 5) is 12.0. The topological polar surface area (TPSA) is 85.4 Å². The van der Waals surface area contributed by atoms with Crippen LogP contribution in [0.15, 0.2) is 47.9 Å². The molecule has 0 amide bonds. The van der Waals surface area contributed by atoms with Crippen LogP contribution in [0.5, 0.6) is 5.75 Å². The summed E-state index contributed by atoms with van der Waals surface area (Å²) in [5.41, 5.74) is 7.22. The van der Waals surface area contributed by atoms with Crippen molar-refractivity contribution >= 4 is 23.3 Å². The number of halogens is 3. The van der Waals surface area contributed by atoms with Gasteiger partial charge in [-0.2, -0.15) is 0 Å². The molecule has 0 aliphatic carbocycles. The Labute approximate surface area is 135 Å². The van der Waals surface area contributed by atoms with Crippen molar-refractivity contribution in [2.45, 2.75) is 6.36 Å². The lowest BCUT2D eigenvalue weighted by atomic mass is 10.2. The number of nitrogens with two attached hydrogens (primary N) is 1. The number of anilines is 2. The highest BCUT2D eigenvalue weighted by molar-refractivity contribution is 6.08. The van der Waals surface area contributed by atoms with Gasteiger partial charge in [-0.3, -0.25) is 4.99 Å². The first-order valence-corrected chi connectivity index (χ1v) is 6.70. The van der Waals surface area contributed by atoms with Crippen LogP contribution in [0.25, 0.3) is 5.57 Å². The summed E-state index contributed by atoms with van der Waals surface area (Å²) >= 11 is 0. The van der Waals surface area contributed by atoms with Gasteiger partial charge in [0.05, 0.1) is 5.69 Å². The van der Waals surface area contributed by atoms with Crippen LogP contribution in [0.3, 0.4) is 0 Å². The molecule has 1 heterocycles. The zero-order valence-corrected chi connectivity index (χ0v) is 12.6. The monoisotopic (exact) mass is 337 g/mol. The Morgan fingerprint density at radius 2 is 1.96 bits per heavy atom. The highest BCUT2D eigenvalue weighted by Gasteiger charge is 2.30. The second-order valence-corrected chi connectivity index (χ2v) is 4.49. The van der Waals surface area contributed by atoms with Crippen molar-refractivity contribution in [2.75, 3.05) is 12.4 Å². The fourth-order valence-electron chi connectivity index (χ4n) is 1.80. The van der Waals surface area contributed by atoms with E-state index in [1.165, 1.54) is 36.8 Å². The van der Waals surface area contributed by atoms with E-state index in [1.807, 2.05) is 0 Å². The van der Waals surface area contributed by atoms with Gasteiger partial charge in [-0.15, -0.1) is 13.2 Å². The molecule has 0 saturated carbocycles. The van der Waals surface area contributed by atoms with Gasteiger partial charge in [0.2, 0.25) is 0 Å². The van der Waals surface area contributed by atoms with Gasteiger partial charge in [0, 0.05) is 36.8 Å². The third-order valence-corrected chi connectivity index (χ3v) is 2.77. The predicted molar refractivity (Wildman–Crippen MR) is 85.0 cm³/mol. The van der Waals surface area contributed by atoms with Gasteiger partial charge >= 0.3 is 6.36 Å². The largest absolute Gasteiger partial charge is 0.573 e. The zero-order valence-electron chi connectivity index (χ0n) is 12.6. The van der Waals surface area contributed by atoms with Crippen LogP contribution in [0.4, 0.5) is 24.7 Å². The minimum Gasteiger partial charge on any atom is -0.406 e. The maximum Gasteiger partial charge on any atom is 0.573 e. The van der Waals surface area contributed by atoms with Crippen LogP contribution < -0.4 is 15.8 Å². The lowest BCUT2D eigenvalue weighted by molar-refractivity contribution is -0.274. The number of nitrogens with zero attached hydrogens (tertiary/aromatic N) is 3. The van der Waals surface area contributed by atoms with E-state index in [4.69, 9.17) is 5.73 Å². The first-order valence-electron chi connectivity index (χ1n) is 6.70. The van der Waals surface area contributed by atoms with Crippen molar-refractivity contribution in [3.05, 3.63) is 48.6 Å². The standard InChI is InChI=1S/C15H14F3N5O/c1-20-8-10(7-19)13-6-14(22-9-21-13)23-11-2-4-12(5-3-11)24-15(16,17)18/h2-9H,19H2,1H3,(H,21,22,23). The van der Waals surface area contributed by atoms with Crippen molar-refractivity contribution in [3.63, 3.8) is 0 Å². The van der Waals surface area contributed by atoms with Crippen LogP contribution in [0.2, 0.25) is 0 Å². The van der Waals surface area contributed by atoms with Crippen LogP contribution in [-0.4, -0.2) is 29.6 Å². The van der Waals surface area contributed by atoms with Crippen molar-refractivity contribution in [1.82, 2.24) is 9.97 Å². The van der Waals surface area contributed by atoms with Gasteiger partial charge in [-0.25, -0.2) is 9.97 Å². The number of rotatable bonds is 5. The number of alkyl halides is 3. The van der Waals surface area contributed by atoms with Crippen LogP contribution in [-0.2, 0) is 0 Å². The van der Waals surface area contributed by atoms with Crippen LogP contribution in [0, 0.1) is 0 Å². The van der Waals surface area contributed by atoms with Crippen molar-refractivity contribution in [1.29, 1.82) is 0 Å². The molecular weight excluding hydrogens is 323 g/mol. The molecule has 0 fully saturated rings. The molecule has 0 unspecified atom stereocenters. The highest BCUT2D eigenvalue weighted by atomic mass is 19.4. The van der Waals surface area contributed by atoms with Crippen molar-refractivity contribution in [2.24, 2.45) is 10.7 Å². The number of ether oxygens (including phenoxy) is 1. The molecule has 0 spiro atoms. The third-order valence-electron chi connectivity index (χ3n) is 2.77.